The summed E-state index contributed by atoms with van der Waals surface area (Å²) >= 11 is 0. The molecule has 0 aromatic carbocycles. The zero-order chi connectivity index (χ0) is 13.5. The van der Waals surface area contributed by atoms with Gasteiger partial charge in [0.1, 0.15) is 0 Å². The number of nitrogens with one attached hydrogen (secondary N) is 1. The van der Waals surface area contributed by atoms with Crippen LogP contribution in [-0.2, 0) is 9.59 Å². The van der Waals surface area contributed by atoms with Gasteiger partial charge in [-0.25, -0.2) is 0 Å². The predicted octanol–water partition coefficient (Wildman–Crippen LogP) is 1.55. The Kier molecular flexibility index (Phi) is 3.49. The summed E-state index contributed by atoms with van der Waals surface area (Å²) in [6.07, 6.45) is 2.32. The molecule has 1 saturated heterocycles. The van der Waals surface area contributed by atoms with E-state index < -0.39 is 0 Å². The number of nitrogens with zero attached hydrogens (tertiary/aromatic N) is 1. The molecule has 4 nitrogen and oxygen atoms in total. The smallest absolute Gasteiger partial charge is 0.247 e. The molecule has 1 aliphatic heterocycles. The molecule has 0 spiro atoms. The van der Waals surface area contributed by atoms with Gasteiger partial charge in [0.15, 0.2) is 0 Å². The molecule has 2 amide bonds. The molecule has 2 rings (SSSR count). The molecule has 0 radical (unpaired) electrons. The van der Waals surface area contributed by atoms with Crippen molar-refractivity contribution in [2.45, 2.75) is 59.0 Å². The molecule has 0 bridgehead atoms. The van der Waals surface area contributed by atoms with Crippen molar-refractivity contribution in [3.8, 4) is 0 Å². The van der Waals surface area contributed by atoms with E-state index in [4.69, 9.17) is 0 Å². The normalized spacial score (nSPS) is 26.9. The van der Waals surface area contributed by atoms with Gasteiger partial charge in [-0.15, -0.1) is 0 Å². The Morgan fingerprint density at radius 1 is 1.33 bits per heavy atom. The maximum Gasteiger partial charge on any atom is 0.247 e. The molecule has 102 valence electrons. The highest BCUT2D eigenvalue weighted by atomic mass is 16.2. The van der Waals surface area contributed by atoms with Crippen molar-refractivity contribution in [1.82, 2.24) is 10.2 Å². The van der Waals surface area contributed by atoms with Crippen LogP contribution in [0.4, 0.5) is 0 Å². The zero-order valence-electron chi connectivity index (χ0n) is 11.8. The van der Waals surface area contributed by atoms with Gasteiger partial charge in [0.05, 0.1) is 12.5 Å². The van der Waals surface area contributed by atoms with Crippen LogP contribution in [-0.4, -0.2) is 35.3 Å². The van der Waals surface area contributed by atoms with E-state index in [1.165, 1.54) is 4.90 Å². The van der Waals surface area contributed by atoms with E-state index in [2.05, 4.69) is 33.0 Å². The molecule has 18 heavy (non-hydrogen) atoms. The Balaban J connectivity index is 1.87. The van der Waals surface area contributed by atoms with E-state index in [-0.39, 0.29) is 29.3 Å². The van der Waals surface area contributed by atoms with Crippen LogP contribution in [0, 0.1) is 11.3 Å². The van der Waals surface area contributed by atoms with Gasteiger partial charge < -0.3 is 5.32 Å². The fraction of sp³-hybridized carbons (Fsp3) is 0.857. The zero-order valence-corrected chi connectivity index (χ0v) is 11.8. The highest BCUT2D eigenvalue weighted by Gasteiger charge is 2.45. The second kappa shape index (κ2) is 4.65. The van der Waals surface area contributed by atoms with Gasteiger partial charge in [0.2, 0.25) is 11.8 Å². The van der Waals surface area contributed by atoms with E-state index in [9.17, 15) is 9.59 Å². The fourth-order valence-electron chi connectivity index (χ4n) is 2.15. The largest absolute Gasteiger partial charge is 0.305 e. The standard InChI is InChI=1S/C14H24N2O2/c1-9(14(2,3)4)8-15-11-7-12(17)16(13(11)18)10-5-6-10/h9-11,15H,5-8H2,1-4H3. The minimum atomic E-state index is -0.289. The third-order valence-corrected chi connectivity index (χ3v) is 4.24. The highest BCUT2D eigenvalue weighted by molar-refractivity contribution is 6.06. The molecule has 0 aromatic heterocycles. The SMILES string of the molecule is CC(CNC1CC(=O)N(C2CC2)C1=O)C(C)(C)C. The van der Waals surface area contributed by atoms with E-state index >= 15 is 0 Å². The lowest BCUT2D eigenvalue weighted by molar-refractivity contribution is -0.139. The molecule has 2 fully saturated rings. The van der Waals surface area contributed by atoms with Crippen LogP contribution < -0.4 is 5.32 Å². The van der Waals surface area contributed by atoms with Crippen LogP contribution in [0.2, 0.25) is 0 Å². The number of hydrogen-bond acceptors (Lipinski definition) is 3. The Morgan fingerprint density at radius 2 is 1.94 bits per heavy atom. The van der Waals surface area contributed by atoms with Crippen molar-refractivity contribution >= 4 is 11.8 Å². The molecule has 1 saturated carbocycles. The van der Waals surface area contributed by atoms with Gasteiger partial charge in [-0.05, 0) is 30.7 Å². The highest BCUT2D eigenvalue weighted by Crippen LogP contribution is 2.31. The molecule has 2 unspecified atom stereocenters. The van der Waals surface area contributed by atoms with Crippen LogP contribution >= 0.6 is 0 Å². The molecule has 4 heteroatoms. The van der Waals surface area contributed by atoms with Crippen LogP contribution in [0.3, 0.4) is 0 Å². The van der Waals surface area contributed by atoms with Gasteiger partial charge in [0.25, 0.3) is 0 Å². The predicted molar refractivity (Wildman–Crippen MR) is 69.9 cm³/mol. The summed E-state index contributed by atoms with van der Waals surface area (Å²) < 4.78 is 0. The average molecular weight is 252 g/mol. The van der Waals surface area contributed by atoms with Crippen molar-refractivity contribution in [3.63, 3.8) is 0 Å². The van der Waals surface area contributed by atoms with Crippen molar-refractivity contribution in [3.05, 3.63) is 0 Å². The van der Waals surface area contributed by atoms with Gasteiger partial charge in [-0.3, -0.25) is 14.5 Å². The van der Waals surface area contributed by atoms with Crippen molar-refractivity contribution in [2.75, 3.05) is 6.54 Å². The number of likely N-dealkylation sites (tertiary alicyclic amines) is 1. The number of rotatable bonds is 4. The summed E-state index contributed by atoms with van der Waals surface area (Å²) in [6, 6.07) is -0.0836. The molecular weight excluding hydrogens is 228 g/mol. The summed E-state index contributed by atoms with van der Waals surface area (Å²) in [5.41, 5.74) is 0.217. The Bertz CT molecular complexity index is 355. The van der Waals surface area contributed by atoms with E-state index in [0.29, 0.717) is 12.3 Å². The summed E-state index contributed by atoms with van der Waals surface area (Å²) in [5.74, 6) is 0.461. The number of imide groups is 1. The third-order valence-electron chi connectivity index (χ3n) is 4.24. The topological polar surface area (TPSA) is 49.4 Å². The Hall–Kier alpha value is -0.900. The van der Waals surface area contributed by atoms with Crippen LogP contribution in [0.25, 0.3) is 0 Å². The minimum absolute atomic E-state index is 0.00316. The first-order valence-electron chi connectivity index (χ1n) is 6.90. The van der Waals surface area contributed by atoms with Gasteiger partial charge in [-0.1, -0.05) is 27.7 Å². The van der Waals surface area contributed by atoms with Crippen LogP contribution in [0.15, 0.2) is 0 Å². The minimum Gasteiger partial charge on any atom is -0.305 e. The lowest BCUT2D eigenvalue weighted by atomic mass is 9.82. The third kappa shape index (κ3) is 2.74. The quantitative estimate of drug-likeness (QED) is 0.772. The molecular formula is C14H24N2O2. The number of carbonyl (C=O) groups excluding carboxylic acids is 2. The van der Waals surface area contributed by atoms with Crippen molar-refractivity contribution < 1.29 is 9.59 Å². The van der Waals surface area contributed by atoms with E-state index in [1.807, 2.05) is 0 Å². The number of hydrogen-bond donors (Lipinski definition) is 1. The molecule has 1 aliphatic carbocycles. The Morgan fingerprint density at radius 3 is 2.44 bits per heavy atom. The maximum atomic E-state index is 12.1. The summed E-state index contributed by atoms with van der Waals surface area (Å²) in [6.45, 7) is 9.53. The number of carbonyl (C=O) groups is 2. The molecule has 2 atom stereocenters. The number of amides is 2. The fourth-order valence-corrected chi connectivity index (χ4v) is 2.15. The van der Waals surface area contributed by atoms with Crippen LogP contribution in [0.5, 0.6) is 0 Å². The summed E-state index contributed by atoms with van der Waals surface area (Å²) in [4.78, 5) is 25.4. The first-order valence-corrected chi connectivity index (χ1v) is 6.90. The second-order valence-corrected chi connectivity index (χ2v) is 6.77. The molecule has 2 aliphatic rings. The van der Waals surface area contributed by atoms with Crippen molar-refractivity contribution in [2.24, 2.45) is 11.3 Å². The van der Waals surface area contributed by atoms with Gasteiger partial charge in [0, 0.05) is 6.04 Å². The monoisotopic (exact) mass is 252 g/mol. The first-order chi connectivity index (χ1) is 8.30. The first kappa shape index (κ1) is 13.5. The van der Waals surface area contributed by atoms with Crippen molar-refractivity contribution in [1.29, 1.82) is 0 Å². The van der Waals surface area contributed by atoms with Gasteiger partial charge in [-0.2, -0.15) is 0 Å². The average Bonchev–Trinajstić information content (AvgIpc) is 3.02. The molecule has 1 heterocycles. The van der Waals surface area contributed by atoms with E-state index in [0.717, 1.165) is 19.4 Å². The lowest BCUT2D eigenvalue weighted by Crippen LogP contribution is -2.42. The molecule has 0 aromatic rings. The summed E-state index contributed by atoms with van der Waals surface area (Å²) in [5, 5.41) is 3.27. The Labute approximate surface area is 109 Å². The maximum absolute atomic E-state index is 12.1. The lowest BCUT2D eigenvalue weighted by Gasteiger charge is -2.28. The van der Waals surface area contributed by atoms with E-state index in [1.54, 1.807) is 0 Å². The second-order valence-electron chi connectivity index (χ2n) is 6.77. The molecule has 1 N–H and O–H groups in total. The van der Waals surface area contributed by atoms with Crippen LogP contribution in [0.1, 0.15) is 47.0 Å². The summed E-state index contributed by atoms with van der Waals surface area (Å²) in [7, 11) is 0. The van der Waals surface area contributed by atoms with Gasteiger partial charge >= 0.3 is 0 Å².